The van der Waals surface area contributed by atoms with Gasteiger partial charge in [0.15, 0.2) is 0 Å². The van der Waals surface area contributed by atoms with E-state index in [1.165, 1.54) is 0 Å². The van der Waals surface area contributed by atoms with Crippen molar-refractivity contribution in [3.05, 3.63) is 25.3 Å². The number of aliphatic hydroxyl groups excluding tert-OH is 1. The summed E-state index contributed by atoms with van der Waals surface area (Å²) in [6.07, 6.45) is 6.96. The van der Waals surface area contributed by atoms with Crippen molar-refractivity contribution < 1.29 is 29.0 Å². The number of allylic oxidation sites excluding steroid dienone is 1. The van der Waals surface area contributed by atoms with Crippen LogP contribution in [0.1, 0.15) is 59.3 Å². The molecule has 7 atom stereocenters. The van der Waals surface area contributed by atoms with Gasteiger partial charge in [0.1, 0.15) is 11.6 Å². The lowest BCUT2D eigenvalue weighted by atomic mass is 9.70. The number of amides is 2. The number of halogens is 1. The number of aliphatic hydroxyl groups is 1. The summed E-state index contributed by atoms with van der Waals surface area (Å²) in [4.78, 5) is 44.8. The summed E-state index contributed by atoms with van der Waals surface area (Å²) < 4.78 is 12.1. The molecule has 3 fully saturated rings. The smallest absolute Gasteiger partial charge is 0.312 e. The molecule has 8 nitrogen and oxygen atoms in total. The minimum atomic E-state index is -1.16. The summed E-state index contributed by atoms with van der Waals surface area (Å²) >= 11 is 3.68. The minimum Gasteiger partial charge on any atom is -0.465 e. The second-order valence-corrected chi connectivity index (χ2v) is 12.1. The quantitative estimate of drug-likeness (QED) is 0.137. The molecule has 3 unspecified atom stereocenters. The molecule has 3 aliphatic heterocycles. The highest BCUT2D eigenvalue weighted by Gasteiger charge is 2.77. The van der Waals surface area contributed by atoms with Crippen molar-refractivity contribution in [2.24, 2.45) is 17.8 Å². The normalized spacial score (nSPS) is 30.9. The molecule has 9 heteroatoms. The van der Waals surface area contributed by atoms with E-state index in [2.05, 4.69) is 36.0 Å². The molecule has 37 heavy (non-hydrogen) atoms. The molecule has 2 amide bonds. The first-order valence-electron chi connectivity index (χ1n) is 13.6. The number of likely N-dealkylation sites (tertiary alicyclic amines) is 1. The summed E-state index contributed by atoms with van der Waals surface area (Å²) in [5.74, 6) is -2.44. The predicted molar refractivity (Wildman–Crippen MR) is 145 cm³/mol. The van der Waals surface area contributed by atoms with Crippen molar-refractivity contribution in [1.29, 1.82) is 0 Å². The Morgan fingerprint density at radius 3 is 2.65 bits per heavy atom. The average Bonchev–Trinajstić information content (AvgIpc) is 3.45. The molecule has 208 valence electrons. The van der Waals surface area contributed by atoms with Crippen LogP contribution in [-0.2, 0) is 23.9 Å². The van der Waals surface area contributed by atoms with E-state index in [-0.39, 0.29) is 35.8 Å². The van der Waals surface area contributed by atoms with E-state index >= 15 is 0 Å². The highest BCUT2D eigenvalue weighted by Crippen LogP contribution is 2.60. The third-order valence-corrected chi connectivity index (χ3v) is 8.67. The first-order valence-corrected chi connectivity index (χ1v) is 14.5. The maximum Gasteiger partial charge on any atom is 0.312 e. The molecule has 0 radical (unpaired) electrons. The van der Waals surface area contributed by atoms with E-state index in [4.69, 9.17) is 9.47 Å². The van der Waals surface area contributed by atoms with Crippen LogP contribution >= 0.6 is 15.9 Å². The van der Waals surface area contributed by atoms with Gasteiger partial charge in [-0.15, -0.1) is 13.2 Å². The Morgan fingerprint density at radius 1 is 1.32 bits per heavy atom. The first-order chi connectivity index (χ1) is 17.7. The Labute approximate surface area is 229 Å². The minimum absolute atomic E-state index is 0.190. The summed E-state index contributed by atoms with van der Waals surface area (Å²) in [5, 5.41) is 10.4. The third kappa shape index (κ3) is 5.69. The van der Waals surface area contributed by atoms with Gasteiger partial charge in [-0.2, -0.15) is 0 Å². The zero-order valence-electron chi connectivity index (χ0n) is 22.4. The van der Waals surface area contributed by atoms with Crippen molar-refractivity contribution >= 4 is 33.7 Å². The van der Waals surface area contributed by atoms with Crippen LogP contribution < -0.4 is 0 Å². The zero-order chi connectivity index (χ0) is 27.3. The van der Waals surface area contributed by atoms with Crippen molar-refractivity contribution in [1.82, 2.24) is 9.80 Å². The van der Waals surface area contributed by atoms with Gasteiger partial charge in [-0.05, 0) is 38.0 Å². The maximum absolute atomic E-state index is 14.2. The number of nitrogens with zero attached hydrogens (tertiary/aromatic N) is 2. The SMILES string of the molecule is C=CCCCOC(=O)[C@H]1[C@H]2C(=O)N([C@@H](CO)CC(C)C)C(C(=O)N(CC=C)CCCC)C23CC(Br)[C@@H]1O3. The molecule has 1 N–H and O–H groups in total. The van der Waals surface area contributed by atoms with Crippen LogP contribution in [0.15, 0.2) is 25.3 Å². The molecule has 3 heterocycles. The highest BCUT2D eigenvalue weighted by molar-refractivity contribution is 9.09. The summed E-state index contributed by atoms with van der Waals surface area (Å²) in [5.41, 5.74) is -1.16. The van der Waals surface area contributed by atoms with Gasteiger partial charge in [0.25, 0.3) is 0 Å². The topological polar surface area (TPSA) is 96.4 Å². The van der Waals surface area contributed by atoms with Crippen LogP contribution in [0.4, 0.5) is 0 Å². The third-order valence-electron chi connectivity index (χ3n) is 7.82. The van der Waals surface area contributed by atoms with E-state index in [0.717, 1.165) is 19.3 Å². The molecule has 0 saturated carbocycles. The Hall–Kier alpha value is -1.71. The lowest BCUT2D eigenvalue weighted by molar-refractivity contribution is -0.156. The number of carbonyl (C=O) groups is 3. The Bertz CT molecular complexity index is 866. The fourth-order valence-electron chi connectivity index (χ4n) is 6.30. The van der Waals surface area contributed by atoms with E-state index in [1.54, 1.807) is 22.0 Å². The maximum atomic E-state index is 14.2. The number of carbonyl (C=O) groups excluding carboxylic acids is 3. The lowest BCUT2D eigenvalue weighted by Crippen LogP contribution is -2.59. The van der Waals surface area contributed by atoms with Crippen molar-refractivity contribution in [2.75, 3.05) is 26.3 Å². The molecular formula is C28H43BrN2O6. The summed E-state index contributed by atoms with van der Waals surface area (Å²) in [7, 11) is 0. The molecule has 2 bridgehead atoms. The van der Waals surface area contributed by atoms with Gasteiger partial charge in [-0.25, -0.2) is 0 Å². The van der Waals surface area contributed by atoms with Crippen LogP contribution in [0.25, 0.3) is 0 Å². The second kappa shape index (κ2) is 12.9. The van der Waals surface area contributed by atoms with Crippen LogP contribution in [0.3, 0.4) is 0 Å². The number of hydrogen-bond acceptors (Lipinski definition) is 6. The van der Waals surface area contributed by atoms with Crippen LogP contribution in [0.2, 0.25) is 0 Å². The van der Waals surface area contributed by atoms with E-state index in [0.29, 0.717) is 32.4 Å². The molecule has 1 spiro atoms. The van der Waals surface area contributed by atoms with Gasteiger partial charge in [-0.3, -0.25) is 14.4 Å². The van der Waals surface area contributed by atoms with Gasteiger partial charge in [-0.1, -0.05) is 55.3 Å². The lowest BCUT2D eigenvalue weighted by Gasteiger charge is -2.39. The number of rotatable bonds is 15. The highest BCUT2D eigenvalue weighted by atomic mass is 79.9. The molecule has 3 aliphatic rings. The summed E-state index contributed by atoms with van der Waals surface area (Å²) in [6, 6.07) is -1.49. The Balaban J connectivity index is 2.03. The molecular weight excluding hydrogens is 540 g/mol. The zero-order valence-corrected chi connectivity index (χ0v) is 24.0. The van der Waals surface area contributed by atoms with Crippen molar-refractivity contribution in [2.45, 2.75) is 87.9 Å². The number of hydrogen-bond donors (Lipinski definition) is 1. The monoisotopic (exact) mass is 582 g/mol. The standard InChI is InChI=1S/C28H43BrN2O6/c1-6-9-11-14-36-27(35)21-22-25(33)31(19(17-32)15-18(4)5)24(28(22)16-20(29)23(21)37-28)26(34)30(12-8-3)13-10-7-2/h6,8,18-24,32H,1,3,7,9-17H2,2,4-5H3/t19-,20?,21+,22+,23+,24?,28?/m1/s1. The Kier molecular flexibility index (Phi) is 10.4. The molecule has 3 saturated heterocycles. The number of alkyl halides is 1. The molecule has 0 aromatic rings. The van der Waals surface area contributed by atoms with Gasteiger partial charge in [0, 0.05) is 17.9 Å². The second-order valence-electron chi connectivity index (χ2n) is 10.9. The molecule has 0 aliphatic carbocycles. The van der Waals surface area contributed by atoms with E-state index in [9.17, 15) is 19.5 Å². The molecule has 3 rings (SSSR count). The van der Waals surface area contributed by atoms with Crippen molar-refractivity contribution in [3.63, 3.8) is 0 Å². The first kappa shape index (κ1) is 29.8. The summed E-state index contributed by atoms with van der Waals surface area (Å²) in [6.45, 7) is 14.5. The number of fused-ring (bicyclic) bond motifs is 1. The van der Waals surface area contributed by atoms with Crippen molar-refractivity contribution in [3.8, 4) is 0 Å². The van der Waals surface area contributed by atoms with Gasteiger partial charge in [0.05, 0.1) is 37.2 Å². The van der Waals surface area contributed by atoms with E-state index in [1.807, 2.05) is 13.8 Å². The fourth-order valence-corrected chi connectivity index (χ4v) is 7.24. The number of esters is 1. The average molecular weight is 584 g/mol. The van der Waals surface area contributed by atoms with Crippen LogP contribution in [0, 0.1) is 17.8 Å². The Morgan fingerprint density at radius 2 is 2.05 bits per heavy atom. The van der Waals surface area contributed by atoms with Crippen LogP contribution in [-0.4, -0.2) is 87.6 Å². The number of ether oxygens (including phenoxy) is 2. The molecule has 0 aromatic heterocycles. The van der Waals surface area contributed by atoms with Crippen LogP contribution in [0.5, 0.6) is 0 Å². The largest absolute Gasteiger partial charge is 0.465 e. The predicted octanol–water partition coefficient (Wildman–Crippen LogP) is 3.47. The fraction of sp³-hybridized carbons (Fsp3) is 0.750. The van der Waals surface area contributed by atoms with Gasteiger partial charge in [0.2, 0.25) is 11.8 Å². The van der Waals surface area contributed by atoms with Gasteiger partial charge >= 0.3 is 5.97 Å². The van der Waals surface area contributed by atoms with Gasteiger partial charge < -0.3 is 24.4 Å². The number of unbranched alkanes of at least 4 members (excludes halogenated alkanes) is 2. The van der Waals surface area contributed by atoms with E-state index < -0.39 is 41.6 Å². The molecule has 0 aromatic carbocycles.